The molecular weight excluding hydrogens is 675 g/mol. The van der Waals surface area contributed by atoms with Gasteiger partial charge in [0.05, 0.1) is 16.7 Å². The number of para-hydroxylation sites is 2. The maximum Gasteiger partial charge on any atom is 0.177 e. The molecule has 258 valence electrons. The maximum absolute atomic E-state index is 6.70. The highest BCUT2D eigenvalue weighted by molar-refractivity contribution is 6.19. The van der Waals surface area contributed by atoms with Crippen LogP contribution < -0.4 is 5.32 Å². The zero-order valence-corrected chi connectivity index (χ0v) is 29.5. The summed E-state index contributed by atoms with van der Waals surface area (Å²) in [7, 11) is 0. The van der Waals surface area contributed by atoms with Crippen LogP contribution in [0.2, 0.25) is 0 Å². The molecule has 0 saturated carbocycles. The molecule has 0 fully saturated rings. The lowest BCUT2D eigenvalue weighted by atomic mass is 9.98. The van der Waals surface area contributed by atoms with Crippen LogP contribution in [0.25, 0.3) is 82.3 Å². The molecule has 55 heavy (non-hydrogen) atoms. The highest BCUT2D eigenvalue weighted by atomic mass is 16.3. The Kier molecular flexibility index (Phi) is 6.33. The number of nitrogens with zero attached hydrogens (tertiary/aromatic N) is 2. The molecule has 5 heteroatoms. The van der Waals surface area contributed by atoms with Crippen LogP contribution in [0, 0.1) is 0 Å². The van der Waals surface area contributed by atoms with Crippen LogP contribution in [0.1, 0.15) is 23.1 Å². The minimum absolute atomic E-state index is 0.382. The Balaban J connectivity index is 1.02. The summed E-state index contributed by atoms with van der Waals surface area (Å²) in [5.74, 6) is 0.748. The van der Waals surface area contributed by atoms with Crippen molar-refractivity contribution in [3.8, 4) is 16.8 Å². The Morgan fingerprint density at radius 1 is 0.473 bits per heavy atom. The topological polar surface area (TPSA) is 55.6 Å². The van der Waals surface area contributed by atoms with Gasteiger partial charge in [0.15, 0.2) is 5.76 Å². The number of benzene rings is 8. The highest BCUT2D eigenvalue weighted by Crippen LogP contribution is 2.43. The van der Waals surface area contributed by atoms with Crippen molar-refractivity contribution in [3.63, 3.8) is 0 Å². The van der Waals surface area contributed by atoms with E-state index in [0.29, 0.717) is 0 Å². The Morgan fingerprint density at radius 3 is 2.05 bits per heavy atom. The molecule has 3 aromatic heterocycles. The van der Waals surface area contributed by atoms with Crippen LogP contribution in [-0.4, -0.2) is 10.3 Å². The summed E-state index contributed by atoms with van der Waals surface area (Å²) in [6, 6.07) is 62.0. The van der Waals surface area contributed by atoms with Gasteiger partial charge in [0.25, 0.3) is 0 Å². The fraction of sp³-hybridized carbons (Fsp3) is 0.0200. The molecule has 1 unspecified atom stereocenters. The molecule has 11 aromatic rings. The number of hydrogen-bond donors (Lipinski definition) is 1. The normalized spacial score (nSPS) is 14.3. The number of aromatic nitrogens is 1. The molecule has 0 saturated heterocycles. The smallest absolute Gasteiger partial charge is 0.177 e. The third kappa shape index (κ3) is 4.57. The molecule has 0 spiro atoms. The number of hydrogen-bond acceptors (Lipinski definition) is 4. The second-order valence-corrected chi connectivity index (χ2v) is 14.3. The minimum atomic E-state index is -0.382. The van der Waals surface area contributed by atoms with E-state index in [-0.39, 0.29) is 6.17 Å². The lowest BCUT2D eigenvalue weighted by molar-refractivity contribution is 0.599. The van der Waals surface area contributed by atoms with Crippen LogP contribution in [0.4, 0.5) is 5.69 Å². The van der Waals surface area contributed by atoms with E-state index in [1.165, 1.54) is 32.6 Å². The van der Waals surface area contributed by atoms with Crippen molar-refractivity contribution in [2.24, 2.45) is 4.99 Å². The third-order valence-corrected chi connectivity index (χ3v) is 11.2. The first kappa shape index (κ1) is 30.1. The molecule has 0 bridgehead atoms. The van der Waals surface area contributed by atoms with Gasteiger partial charge < -0.3 is 18.7 Å². The van der Waals surface area contributed by atoms with E-state index in [2.05, 4.69) is 168 Å². The standard InChI is InChI=1S/C50H31N3O2/c1-2-11-30(12-3-1)31-21-23-32(24-22-31)47-49-48(38-16-7-9-19-43(38)55-49)52-50(51-47)39-17-10-20-44-46(39)37-26-25-35(29-45(37)54-44)53-41-18-8-6-15-36(41)40-27-33-13-4-5-14-34(33)28-42(40)53/h1-29,50,52H. The number of rotatable bonds is 4. The summed E-state index contributed by atoms with van der Waals surface area (Å²) >= 11 is 0. The quantitative estimate of drug-likeness (QED) is 0.198. The van der Waals surface area contributed by atoms with Crippen LogP contribution in [0.5, 0.6) is 0 Å². The molecule has 12 rings (SSSR count). The molecule has 0 aliphatic carbocycles. The molecule has 5 nitrogen and oxygen atoms in total. The Morgan fingerprint density at radius 2 is 1.18 bits per heavy atom. The zero-order chi connectivity index (χ0) is 36.0. The van der Waals surface area contributed by atoms with Gasteiger partial charge in [-0.25, -0.2) is 0 Å². The summed E-state index contributed by atoms with van der Waals surface area (Å²) < 4.78 is 15.6. The fourth-order valence-corrected chi connectivity index (χ4v) is 8.66. The van der Waals surface area contributed by atoms with Crippen molar-refractivity contribution >= 4 is 76.9 Å². The van der Waals surface area contributed by atoms with E-state index in [1.807, 2.05) is 18.2 Å². The second kappa shape index (κ2) is 11.6. The molecule has 1 aliphatic heterocycles. The van der Waals surface area contributed by atoms with Gasteiger partial charge >= 0.3 is 0 Å². The molecule has 4 heterocycles. The molecule has 8 aromatic carbocycles. The van der Waals surface area contributed by atoms with Crippen molar-refractivity contribution in [1.82, 2.24) is 4.57 Å². The number of furan rings is 2. The number of nitrogens with one attached hydrogen (secondary N) is 1. The van der Waals surface area contributed by atoms with Crippen molar-refractivity contribution in [3.05, 3.63) is 193 Å². The third-order valence-electron chi connectivity index (χ3n) is 11.2. The SMILES string of the molecule is c1ccc(-c2ccc(C3=NC(c4cccc5oc6cc(-n7c8ccccc8c8cc9ccccc9cc87)ccc6c45)Nc4c3oc3ccccc43)cc2)cc1. The van der Waals surface area contributed by atoms with E-state index in [0.717, 1.165) is 78.0 Å². The highest BCUT2D eigenvalue weighted by Gasteiger charge is 2.30. The van der Waals surface area contributed by atoms with Crippen molar-refractivity contribution in [1.29, 1.82) is 0 Å². The van der Waals surface area contributed by atoms with Gasteiger partial charge in [-0.2, -0.15) is 0 Å². The van der Waals surface area contributed by atoms with Crippen LogP contribution in [0.15, 0.2) is 190 Å². The lowest BCUT2D eigenvalue weighted by Crippen LogP contribution is -2.19. The Labute approximate surface area is 315 Å². The molecular formula is C50H31N3O2. The van der Waals surface area contributed by atoms with E-state index in [1.54, 1.807) is 0 Å². The predicted octanol–water partition coefficient (Wildman–Crippen LogP) is 13.2. The summed E-state index contributed by atoms with van der Waals surface area (Å²) in [4.78, 5) is 5.42. The zero-order valence-electron chi connectivity index (χ0n) is 29.5. The predicted molar refractivity (Wildman–Crippen MR) is 226 cm³/mol. The summed E-state index contributed by atoms with van der Waals surface area (Å²) in [5.41, 5.74) is 12.0. The minimum Gasteiger partial charge on any atom is -0.456 e. The second-order valence-electron chi connectivity index (χ2n) is 14.3. The number of anilines is 1. The van der Waals surface area contributed by atoms with Crippen LogP contribution in [0.3, 0.4) is 0 Å². The maximum atomic E-state index is 6.70. The molecule has 0 amide bonds. The van der Waals surface area contributed by atoms with E-state index in [9.17, 15) is 0 Å². The Bertz CT molecular complexity index is 3350. The molecule has 1 aliphatic rings. The van der Waals surface area contributed by atoms with Crippen molar-refractivity contribution in [2.75, 3.05) is 5.32 Å². The van der Waals surface area contributed by atoms with Gasteiger partial charge in [-0.3, -0.25) is 4.99 Å². The van der Waals surface area contributed by atoms with Gasteiger partial charge in [-0.05, 0) is 70.4 Å². The first-order valence-corrected chi connectivity index (χ1v) is 18.6. The monoisotopic (exact) mass is 705 g/mol. The van der Waals surface area contributed by atoms with Gasteiger partial charge in [0.1, 0.15) is 28.6 Å². The van der Waals surface area contributed by atoms with Crippen molar-refractivity contribution < 1.29 is 8.83 Å². The summed E-state index contributed by atoms with van der Waals surface area (Å²) in [5, 5.41) is 11.8. The lowest BCUT2D eigenvalue weighted by Gasteiger charge is -2.24. The number of aliphatic imine (C=N–C) groups is 1. The van der Waals surface area contributed by atoms with E-state index in [4.69, 9.17) is 13.8 Å². The molecule has 1 atom stereocenters. The first-order valence-electron chi connectivity index (χ1n) is 18.6. The van der Waals surface area contributed by atoms with E-state index >= 15 is 0 Å². The largest absolute Gasteiger partial charge is 0.456 e. The van der Waals surface area contributed by atoms with E-state index < -0.39 is 0 Å². The van der Waals surface area contributed by atoms with Crippen LogP contribution in [-0.2, 0) is 0 Å². The molecule has 1 N–H and O–H groups in total. The van der Waals surface area contributed by atoms with Gasteiger partial charge in [0.2, 0.25) is 0 Å². The average Bonchev–Trinajstić information content (AvgIpc) is 3.92. The van der Waals surface area contributed by atoms with Gasteiger partial charge in [0, 0.05) is 49.8 Å². The average molecular weight is 706 g/mol. The van der Waals surface area contributed by atoms with Crippen molar-refractivity contribution in [2.45, 2.75) is 6.17 Å². The number of fused-ring (bicyclic) bond motifs is 10. The summed E-state index contributed by atoms with van der Waals surface area (Å²) in [6.07, 6.45) is -0.382. The van der Waals surface area contributed by atoms with Gasteiger partial charge in [-0.15, -0.1) is 0 Å². The van der Waals surface area contributed by atoms with Gasteiger partial charge in [-0.1, -0.05) is 121 Å². The summed E-state index contributed by atoms with van der Waals surface area (Å²) in [6.45, 7) is 0. The molecule has 0 radical (unpaired) electrons. The fourth-order valence-electron chi connectivity index (χ4n) is 8.66. The first-order chi connectivity index (χ1) is 27.2. The Hall–Kier alpha value is -7.37. The van der Waals surface area contributed by atoms with Crippen LogP contribution >= 0.6 is 0 Å².